The summed E-state index contributed by atoms with van der Waals surface area (Å²) in [6, 6.07) is 0. The molecule has 84 valence electrons. The van der Waals surface area contributed by atoms with Crippen LogP contribution in [0.1, 0.15) is 32.1 Å². The van der Waals surface area contributed by atoms with Gasteiger partial charge in [0, 0.05) is 6.54 Å². The monoisotopic (exact) mass is 220 g/mol. The highest BCUT2D eigenvalue weighted by Crippen LogP contribution is 2.33. The zero-order chi connectivity index (χ0) is 10.4. The molecular formula is C9H20N2O2S. The molecule has 1 fully saturated rings. The third-order valence-electron chi connectivity index (χ3n) is 2.43. The fourth-order valence-electron chi connectivity index (χ4n) is 1.37. The molecule has 0 unspecified atom stereocenters. The van der Waals surface area contributed by atoms with Crippen molar-refractivity contribution in [3.8, 4) is 0 Å². The van der Waals surface area contributed by atoms with Gasteiger partial charge in [-0.3, -0.25) is 0 Å². The van der Waals surface area contributed by atoms with Gasteiger partial charge in [-0.15, -0.1) is 0 Å². The first-order valence-electron chi connectivity index (χ1n) is 5.31. The van der Waals surface area contributed by atoms with Crippen molar-refractivity contribution < 1.29 is 8.42 Å². The van der Waals surface area contributed by atoms with E-state index in [1.54, 1.807) is 0 Å². The number of nitrogens with one attached hydrogen (secondary N) is 1. The molecule has 1 rings (SSSR count). The van der Waals surface area contributed by atoms with Gasteiger partial charge in [0.05, 0.1) is 5.75 Å². The van der Waals surface area contributed by atoms with Gasteiger partial charge in [-0.25, -0.2) is 13.1 Å². The van der Waals surface area contributed by atoms with E-state index in [1.807, 2.05) is 0 Å². The Morgan fingerprint density at radius 1 is 1.29 bits per heavy atom. The maximum Gasteiger partial charge on any atom is 0.211 e. The van der Waals surface area contributed by atoms with Crippen LogP contribution in [0.4, 0.5) is 0 Å². The van der Waals surface area contributed by atoms with Crippen LogP contribution in [0.3, 0.4) is 0 Å². The van der Waals surface area contributed by atoms with E-state index >= 15 is 0 Å². The van der Waals surface area contributed by atoms with Gasteiger partial charge < -0.3 is 5.73 Å². The molecule has 5 heteroatoms. The molecule has 4 nitrogen and oxygen atoms in total. The molecule has 0 aromatic heterocycles. The Morgan fingerprint density at radius 2 is 2.00 bits per heavy atom. The minimum Gasteiger partial charge on any atom is -0.330 e. The lowest BCUT2D eigenvalue weighted by Crippen LogP contribution is -2.28. The molecule has 14 heavy (non-hydrogen) atoms. The van der Waals surface area contributed by atoms with Crippen LogP contribution in [0.5, 0.6) is 0 Å². The van der Waals surface area contributed by atoms with Gasteiger partial charge in [0.2, 0.25) is 10.0 Å². The third kappa shape index (κ3) is 5.57. The molecule has 0 bridgehead atoms. The molecule has 0 spiro atoms. The van der Waals surface area contributed by atoms with Crippen LogP contribution in [0.25, 0.3) is 0 Å². The largest absolute Gasteiger partial charge is 0.330 e. The average Bonchev–Trinajstić information content (AvgIpc) is 2.93. The lowest BCUT2D eigenvalue weighted by molar-refractivity contribution is 0.570. The van der Waals surface area contributed by atoms with E-state index in [0.29, 0.717) is 19.5 Å². The first-order chi connectivity index (χ1) is 6.64. The molecule has 0 atom stereocenters. The number of sulfonamides is 1. The van der Waals surface area contributed by atoms with Gasteiger partial charge in [0.1, 0.15) is 0 Å². The highest BCUT2D eigenvalue weighted by molar-refractivity contribution is 7.89. The zero-order valence-electron chi connectivity index (χ0n) is 8.54. The molecule has 0 aromatic carbocycles. The van der Waals surface area contributed by atoms with Crippen molar-refractivity contribution in [1.82, 2.24) is 4.72 Å². The van der Waals surface area contributed by atoms with Crippen LogP contribution in [-0.4, -0.2) is 27.3 Å². The summed E-state index contributed by atoms with van der Waals surface area (Å²) in [5, 5.41) is 0. The van der Waals surface area contributed by atoms with Crippen molar-refractivity contribution in [2.24, 2.45) is 11.7 Å². The topological polar surface area (TPSA) is 72.2 Å². The van der Waals surface area contributed by atoms with E-state index in [0.717, 1.165) is 12.3 Å². The van der Waals surface area contributed by atoms with Crippen LogP contribution in [0.15, 0.2) is 0 Å². The lowest BCUT2D eigenvalue weighted by atomic mass is 10.2. The Labute approximate surface area is 86.3 Å². The molecule has 1 saturated carbocycles. The molecule has 0 radical (unpaired) electrons. The van der Waals surface area contributed by atoms with Gasteiger partial charge in [-0.05, 0) is 31.7 Å². The van der Waals surface area contributed by atoms with Gasteiger partial charge >= 0.3 is 0 Å². The first-order valence-corrected chi connectivity index (χ1v) is 6.96. The highest BCUT2D eigenvalue weighted by Gasteiger charge is 2.20. The van der Waals surface area contributed by atoms with Crippen molar-refractivity contribution >= 4 is 10.0 Å². The van der Waals surface area contributed by atoms with Crippen molar-refractivity contribution in [1.29, 1.82) is 0 Å². The predicted octanol–water partition coefficient (Wildman–Crippen LogP) is 0.445. The van der Waals surface area contributed by atoms with Crippen molar-refractivity contribution in [2.75, 3.05) is 18.8 Å². The fourth-order valence-corrected chi connectivity index (χ4v) is 2.52. The number of nitrogens with two attached hydrogens (primary N) is 1. The second-order valence-corrected chi connectivity index (χ2v) is 5.87. The summed E-state index contributed by atoms with van der Waals surface area (Å²) in [5.74, 6) is 1.04. The Bertz CT molecular complexity index is 248. The maximum absolute atomic E-state index is 11.3. The van der Waals surface area contributed by atoms with Crippen LogP contribution >= 0.6 is 0 Å². The maximum atomic E-state index is 11.3. The average molecular weight is 220 g/mol. The van der Waals surface area contributed by atoms with E-state index in [1.165, 1.54) is 19.3 Å². The Morgan fingerprint density at radius 3 is 2.57 bits per heavy atom. The smallest absolute Gasteiger partial charge is 0.211 e. The number of hydrogen-bond donors (Lipinski definition) is 2. The SMILES string of the molecule is NCCCS(=O)(=O)NCCCC1CC1. The second kappa shape index (κ2) is 5.68. The molecule has 0 aliphatic heterocycles. The van der Waals surface area contributed by atoms with Crippen molar-refractivity contribution in [3.05, 3.63) is 0 Å². The molecule has 3 N–H and O–H groups in total. The molecule has 0 saturated heterocycles. The second-order valence-electron chi connectivity index (χ2n) is 3.94. The van der Waals surface area contributed by atoms with Crippen LogP contribution in [0.2, 0.25) is 0 Å². The Balaban J connectivity index is 2.02. The van der Waals surface area contributed by atoms with Gasteiger partial charge in [0.25, 0.3) is 0 Å². The lowest BCUT2D eigenvalue weighted by Gasteiger charge is -2.05. The summed E-state index contributed by atoms with van der Waals surface area (Å²) >= 11 is 0. The summed E-state index contributed by atoms with van der Waals surface area (Å²) in [6.07, 6.45) is 5.34. The van der Waals surface area contributed by atoms with E-state index in [2.05, 4.69) is 4.72 Å². The zero-order valence-corrected chi connectivity index (χ0v) is 9.35. The van der Waals surface area contributed by atoms with E-state index in [9.17, 15) is 8.42 Å². The summed E-state index contributed by atoms with van der Waals surface area (Å²) in [7, 11) is -3.05. The van der Waals surface area contributed by atoms with E-state index < -0.39 is 10.0 Å². The summed E-state index contributed by atoms with van der Waals surface area (Å²) in [6.45, 7) is 1.02. The molecule has 1 aliphatic rings. The highest BCUT2D eigenvalue weighted by atomic mass is 32.2. The third-order valence-corrected chi connectivity index (χ3v) is 3.90. The normalized spacial score (nSPS) is 17.2. The van der Waals surface area contributed by atoms with E-state index in [4.69, 9.17) is 5.73 Å². The molecule has 0 aromatic rings. The van der Waals surface area contributed by atoms with Crippen molar-refractivity contribution in [2.45, 2.75) is 32.1 Å². The van der Waals surface area contributed by atoms with Crippen LogP contribution < -0.4 is 10.5 Å². The van der Waals surface area contributed by atoms with Gasteiger partial charge in [-0.1, -0.05) is 12.8 Å². The fraction of sp³-hybridized carbons (Fsp3) is 1.00. The van der Waals surface area contributed by atoms with Crippen LogP contribution in [-0.2, 0) is 10.0 Å². The van der Waals surface area contributed by atoms with E-state index in [-0.39, 0.29) is 5.75 Å². The van der Waals surface area contributed by atoms with Crippen LogP contribution in [0, 0.1) is 5.92 Å². The Hall–Kier alpha value is -0.130. The predicted molar refractivity (Wildman–Crippen MR) is 57.4 cm³/mol. The summed E-state index contributed by atoms with van der Waals surface area (Å²) < 4.78 is 25.2. The molecule has 0 amide bonds. The van der Waals surface area contributed by atoms with Gasteiger partial charge in [-0.2, -0.15) is 0 Å². The standard InChI is InChI=1S/C9H20N2O2S/c10-6-2-8-14(12,13)11-7-1-3-9-4-5-9/h9,11H,1-8,10H2. The summed E-state index contributed by atoms with van der Waals surface area (Å²) in [5.41, 5.74) is 5.25. The quantitative estimate of drug-likeness (QED) is 0.583. The first kappa shape index (κ1) is 11.9. The minimum absolute atomic E-state index is 0.160. The van der Waals surface area contributed by atoms with Crippen molar-refractivity contribution in [3.63, 3.8) is 0 Å². The van der Waals surface area contributed by atoms with Gasteiger partial charge in [0.15, 0.2) is 0 Å². The number of rotatable bonds is 8. The minimum atomic E-state index is -3.05. The summed E-state index contributed by atoms with van der Waals surface area (Å²) in [4.78, 5) is 0. The molecule has 0 heterocycles. The molecular weight excluding hydrogens is 200 g/mol. The Kier molecular flexibility index (Phi) is 4.84. The molecule has 1 aliphatic carbocycles. The number of hydrogen-bond acceptors (Lipinski definition) is 3.